The topological polar surface area (TPSA) is 83.5 Å². The van der Waals surface area contributed by atoms with Crippen LogP contribution in [0.3, 0.4) is 0 Å². The first-order chi connectivity index (χ1) is 15.3. The quantitative estimate of drug-likeness (QED) is 0.617. The number of ether oxygens (including phenoxy) is 1. The zero-order valence-corrected chi connectivity index (χ0v) is 19.0. The van der Waals surface area contributed by atoms with Crippen LogP contribution in [0.2, 0.25) is 0 Å². The number of rotatable bonds is 4. The molecule has 8 nitrogen and oxygen atoms in total. The van der Waals surface area contributed by atoms with Crippen LogP contribution in [0.1, 0.15) is 20.8 Å². The van der Waals surface area contributed by atoms with E-state index in [1.807, 2.05) is 37.1 Å². The van der Waals surface area contributed by atoms with Gasteiger partial charge in [0.15, 0.2) is 0 Å². The molecule has 1 amide bonds. The van der Waals surface area contributed by atoms with E-state index < -0.39 is 5.60 Å². The molecule has 0 spiro atoms. The van der Waals surface area contributed by atoms with Gasteiger partial charge in [0, 0.05) is 49.5 Å². The highest BCUT2D eigenvalue weighted by molar-refractivity contribution is 7.13. The summed E-state index contributed by atoms with van der Waals surface area (Å²) in [6, 6.07) is 7.91. The minimum atomic E-state index is -0.527. The highest BCUT2D eigenvalue weighted by atomic mass is 32.1. The highest BCUT2D eigenvalue weighted by Crippen LogP contribution is 2.27. The summed E-state index contributed by atoms with van der Waals surface area (Å²) in [5.74, 6) is 0.831. The second-order valence-electron chi connectivity index (χ2n) is 8.36. The van der Waals surface area contributed by atoms with E-state index in [1.165, 1.54) is 23.5 Å². The van der Waals surface area contributed by atoms with Gasteiger partial charge in [-0.1, -0.05) is 0 Å². The van der Waals surface area contributed by atoms with Gasteiger partial charge >= 0.3 is 6.09 Å². The standard InChI is InChI=1S/C22H25FN6O2S/c1-22(2,3)31-21(30)29-11-9-28(10-12-29)20-26-17(19-24-8-13-32-19)14-18(27-20)25-16-6-4-15(23)5-7-16/h4-8,13-14H,9-12H2,1-3H3,(H,25,26,27). The third-order valence-corrected chi connectivity index (χ3v) is 5.49. The molecular formula is C22H25FN6O2S. The lowest BCUT2D eigenvalue weighted by atomic mass is 10.2. The van der Waals surface area contributed by atoms with Gasteiger partial charge in [0.05, 0.1) is 0 Å². The number of nitrogens with zero attached hydrogens (tertiary/aromatic N) is 5. The Kier molecular flexibility index (Phi) is 6.22. The lowest BCUT2D eigenvalue weighted by Gasteiger charge is -2.35. The molecule has 1 aromatic carbocycles. The zero-order valence-electron chi connectivity index (χ0n) is 18.2. The predicted molar refractivity (Wildman–Crippen MR) is 123 cm³/mol. The van der Waals surface area contributed by atoms with Crippen molar-refractivity contribution < 1.29 is 13.9 Å². The van der Waals surface area contributed by atoms with Crippen LogP contribution in [0.4, 0.5) is 26.6 Å². The molecule has 1 aliphatic rings. The Morgan fingerprint density at radius 1 is 1.12 bits per heavy atom. The summed E-state index contributed by atoms with van der Waals surface area (Å²) >= 11 is 1.49. The molecule has 1 aliphatic heterocycles. The monoisotopic (exact) mass is 456 g/mol. The number of piperazine rings is 1. The molecule has 168 valence electrons. The Morgan fingerprint density at radius 2 is 1.84 bits per heavy atom. The number of thiazole rings is 1. The molecule has 10 heteroatoms. The maximum absolute atomic E-state index is 13.3. The Balaban J connectivity index is 1.53. The van der Waals surface area contributed by atoms with Crippen LogP contribution in [0, 0.1) is 5.82 Å². The molecule has 1 fully saturated rings. The van der Waals surface area contributed by atoms with Gasteiger partial charge in [-0.2, -0.15) is 4.98 Å². The van der Waals surface area contributed by atoms with Gasteiger partial charge < -0.3 is 19.9 Å². The van der Waals surface area contributed by atoms with Crippen molar-refractivity contribution in [1.82, 2.24) is 19.9 Å². The number of hydrogen-bond acceptors (Lipinski definition) is 8. The number of aromatic nitrogens is 3. The maximum atomic E-state index is 13.3. The molecule has 1 N–H and O–H groups in total. The summed E-state index contributed by atoms with van der Waals surface area (Å²) in [7, 11) is 0. The molecule has 0 radical (unpaired) electrons. The number of nitrogens with one attached hydrogen (secondary N) is 1. The largest absolute Gasteiger partial charge is 0.444 e. The van der Waals surface area contributed by atoms with Crippen molar-refractivity contribution in [2.24, 2.45) is 0 Å². The summed E-state index contributed by atoms with van der Waals surface area (Å²) in [6.45, 7) is 7.76. The predicted octanol–water partition coefficient (Wildman–Crippen LogP) is 4.54. The van der Waals surface area contributed by atoms with Gasteiger partial charge in [0.25, 0.3) is 0 Å². The van der Waals surface area contributed by atoms with Crippen LogP contribution in [0.5, 0.6) is 0 Å². The van der Waals surface area contributed by atoms with Gasteiger partial charge in [-0.15, -0.1) is 11.3 Å². The van der Waals surface area contributed by atoms with E-state index in [1.54, 1.807) is 23.2 Å². The normalized spacial score (nSPS) is 14.4. The lowest BCUT2D eigenvalue weighted by molar-refractivity contribution is 0.0240. The molecule has 0 bridgehead atoms. The third kappa shape index (κ3) is 5.50. The average molecular weight is 457 g/mol. The minimum Gasteiger partial charge on any atom is -0.444 e. The van der Waals surface area contributed by atoms with E-state index in [2.05, 4.69) is 15.3 Å². The summed E-state index contributed by atoms with van der Waals surface area (Å²) in [6.07, 6.45) is 1.42. The van der Waals surface area contributed by atoms with Gasteiger partial charge in [-0.25, -0.2) is 19.2 Å². The van der Waals surface area contributed by atoms with E-state index >= 15 is 0 Å². The first kappa shape index (κ1) is 21.9. The van der Waals surface area contributed by atoms with Crippen LogP contribution >= 0.6 is 11.3 Å². The molecule has 3 heterocycles. The molecule has 0 unspecified atom stereocenters. The van der Waals surface area contributed by atoms with E-state index in [9.17, 15) is 9.18 Å². The Bertz CT molecular complexity index is 1060. The summed E-state index contributed by atoms with van der Waals surface area (Å²) in [5, 5.41) is 5.89. The molecule has 0 aliphatic carbocycles. The first-order valence-electron chi connectivity index (χ1n) is 10.3. The second-order valence-corrected chi connectivity index (χ2v) is 9.26. The van der Waals surface area contributed by atoms with Gasteiger partial charge in [-0.3, -0.25) is 0 Å². The lowest BCUT2D eigenvalue weighted by Crippen LogP contribution is -2.50. The second kappa shape index (κ2) is 9.07. The van der Waals surface area contributed by atoms with Crippen LogP contribution in [-0.2, 0) is 4.74 Å². The first-order valence-corrected chi connectivity index (χ1v) is 11.2. The Hall–Kier alpha value is -3.27. The van der Waals surface area contributed by atoms with E-state index in [4.69, 9.17) is 9.72 Å². The fraction of sp³-hybridized carbons (Fsp3) is 0.364. The van der Waals surface area contributed by atoms with Crippen molar-refractivity contribution in [2.75, 3.05) is 36.4 Å². The van der Waals surface area contributed by atoms with Crippen LogP contribution < -0.4 is 10.2 Å². The van der Waals surface area contributed by atoms with Crippen molar-refractivity contribution in [3.05, 3.63) is 47.7 Å². The maximum Gasteiger partial charge on any atom is 0.410 e. The minimum absolute atomic E-state index is 0.301. The SMILES string of the molecule is CC(C)(C)OC(=O)N1CCN(c2nc(Nc3ccc(F)cc3)cc(-c3nccs3)n2)CC1. The number of benzene rings is 1. The van der Waals surface area contributed by atoms with Crippen LogP contribution in [-0.4, -0.2) is 57.7 Å². The summed E-state index contributed by atoms with van der Waals surface area (Å²) in [5.41, 5.74) is 0.889. The van der Waals surface area contributed by atoms with Crippen LogP contribution in [0.15, 0.2) is 41.9 Å². The van der Waals surface area contributed by atoms with E-state index in [-0.39, 0.29) is 11.9 Å². The molecule has 1 saturated heterocycles. The molecule has 2 aromatic heterocycles. The van der Waals surface area contributed by atoms with Crippen molar-refractivity contribution in [2.45, 2.75) is 26.4 Å². The highest BCUT2D eigenvalue weighted by Gasteiger charge is 2.27. The van der Waals surface area contributed by atoms with Crippen LogP contribution in [0.25, 0.3) is 10.7 Å². The molecule has 4 rings (SSSR count). The summed E-state index contributed by atoms with van der Waals surface area (Å²) in [4.78, 5) is 29.8. The smallest absolute Gasteiger partial charge is 0.410 e. The van der Waals surface area contributed by atoms with Gasteiger partial charge in [0.1, 0.15) is 27.9 Å². The summed E-state index contributed by atoms with van der Waals surface area (Å²) < 4.78 is 18.7. The number of halogens is 1. The number of amides is 1. The molecular weight excluding hydrogens is 431 g/mol. The molecule has 3 aromatic rings. The third-order valence-electron chi connectivity index (χ3n) is 4.70. The van der Waals surface area contributed by atoms with Crippen molar-refractivity contribution in [3.8, 4) is 10.7 Å². The number of anilines is 3. The molecule has 0 saturated carbocycles. The van der Waals surface area contributed by atoms with Gasteiger partial charge in [-0.05, 0) is 45.0 Å². The van der Waals surface area contributed by atoms with Gasteiger partial charge in [0.2, 0.25) is 5.95 Å². The van der Waals surface area contributed by atoms with E-state index in [0.29, 0.717) is 43.6 Å². The fourth-order valence-corrected chi connectivity index (χ4v) is 3.79. The van der Waals surface area contributed by atoms with Crippen molar-refractivity contribution in [3.63, 3.8) is 0 Å². The molecule has 32 heavy (non-hydrogen) atoms. The average Bonchev–Trinajstić information content (AvgIpc) is 3.29. The Morgan fingerprint density at radius 3 is 2.47 bits per heavy atom. The van der Waals surface area contributed by atoms with E-state index in [0.717, 1.165) is 10.7 Å². The fourth-order valence-electron chi connectivity index (χ4n) is 3.20. The zero-order chi connectivity index (χ0) is 22.7. The van der Waals surface area contributed by atoms with Crippen molar-refractivity contribution >= 4 is 34.9 Å². The molecule has 0 atom stereocenters. The number of hydrogen-bond donors (Lipinski definition) is 1. The van der Waals surface area contributed by atoms with Crippen molar-refractivity contribution in [1.29, 1.82) is 0 Å². The number of carbonyl (C=O) groups excluding carboxylic acids is 1. The number of carbonyl (C=O) groups is 1. The Labute approximate surface area is 190 Å².